The van der Waals surface area contributed by atoms with Gasteiger partial charge in [0.1, 0.15) is 5.82 Å². The molecule has 0 saturated heterocycles. The fourth-order valence-corrected chi connectivity index (χ4v) is 4.96. The smallest absolute Gasteiger partial charge is 0.250 e. The Morgan fingerprint density at radius 3 is 2.46 bits per heavy atom. The van der Waals surface area contributed by atoms with E-state index in [1.807, 2.05) is 36.5 Å². The Hall–Kier alpha value is -3.05. The molecule has 0 atom stereocenters. The summed E-state index contributed by atoms with van der Waals surface area (Å²) in [5.74, 6) is -0.545. The molecule has 0 radical (unpaired) electrons. The van der Waals surface area contributed by atoms with Crippen LogP contribution in [0.1, 0.15) is 36.2 Å². The lowest BCUT2D eigenvalue weighted by Crippen LogP contribution is -2.47. The molecule has 9 nitrogen and oxygen atoms in total. The van der Waals surface area contributed by atoms with Gasteiger partial charge < -0.3 is 10.2 Å². The first-order chi connectivity index (χ1) is 18.2. The van der Waals surface area contributed by atoms with E-state index in [4.69, 9.17) is 0 Å². The molecule has 4 rings (SSSR count). The lowest BCUT2D eigenvalue weighted by Gasteiger charge is -2.28. The van der Waals surface area contributed by atoms with Gasteiger partial charge in [-0.05, 0) is 68.3 Å². The predicted octanol–water partition coefficient (Wildman–Crippen LogP) is 3.16. The summed E-state index contributed by atoms with van der Waals surface area (Å²) in [5, 5.41) is 15.5. The van der Waals surface area contributed by atoms with Crippen molar-refractivity contribution in [1.82, 2.24) is 30.4 Å². The number of hydrazine groups is 1. The van der Waals surface area contributed by atoms with E-state index in [-0.39, 0.29) is 43.1 Å². The average molecular weight is 560 g/mol. The minimum absolute atomic E-state index is 0. The Balaban J connectivity index is 0.00000420. The van der Waals surface area contributed by atoms with Crippen molar-refractivity contribution in [3.05, 3.63) is 58.5 Å². The van der Waals surface area contributed by atoms with Gasteiger partial charge in [-0.1, -0.05) is 13.0 Å². The van der Waals surface area contributed by atoms with Crippen LogP contribution in [0, 0.1) is 19.7 Å². The maximum Gasteiger partial charge on any atom is 0.250 e. The highest BCUT2D eigenvalue weighted by Gasteiger charge is 2.26. The quantitative estimate of drug-likeness (QED) is 0.351. The lowest BCUT2D eigenvalue weighted by atomic mass is 10.1. The summed E-state index contributed by atoms with van der Waals surface area (Å²) in [6.07, 6.45) is 0. The number of benzene rings is 2. The number of nitrogens with one attached hydrogen (secondary N) is 2. The van der Waals surface area contributed by atoms with Crippen molar-refractivity contribution in [3.63, 3.8) is 0 Å². The molecule has 2 N–H and O–H groups in total. The molecule has 2 aromatic carbocycles. The Labute approximate surface area is 235 Å². The number of likely N-dealkylation sites (N-methyl/N-ethyl adjacent to an activating group) is 2. The van der Waals surface area contributed by atoms with Gasteiger partial charge in [-0.25, -0.2) is 9.40 Å². The molecule has 0 unspecified atom stereocenters. The minimum Gasteiger partial charge on any atom is -0.315 e. The van der Waals surface area contributed by atoms with Crippen LogP contribution in [0.4, 0.5) is 10.1 Å². The van der Waals surface area contributed by atoms with Crippen LogP contribution in [0.25, 0.3) is 10.9 Å². The number of amides is 2. The van der Waals surface area contributed by atoms with Crippen LogP contribution < -0.4 is 15.5 Å². The van der Waals surface area contributed by atoms with Crippen molar-refractivity contribution >= 4 is 40.8 Å². The lowest BCUT2D eigenvalue weighted by molar-refractivity contribution is -0.145. The van der Waals surface area contributed by atoms with E-state index < -0.39 is 0 Å². The second kappa shape index (κ2) is 13.3. The molecule has 212 valence electrons. The van der Waals surface area contributed by atoms with Crippen molar-refractivity contribution < 1.29 is 14.0 Å². The molecule has 0 saturated carbocycles. The summed E-state index contributed by atoms with van der Waals surface area (Å²) in [6, 6.07) is 8.86. The number of hydrogen-bond donors (Lipinski definition) is 2. The molecule has 1 aliphatic rings. The molecule has 0 bridgehead atoms. The van der Waals surface area contributed by atoms with Gasteiger partial charge in [-0.3, -0.25) is 24.6 Å². The van der Waals surface area contributed by atoms with Gasteiger partial charge in [-0.2, -0.15) is 5.10 Å². The van der Waals surface area contributed by atoms with E-state index in [0.29, 0.717) is 26.2 Å². The van der Waals surface area contributed by atoms with Crippen LogP contribution >= 0.6 is 12.4 Å². The summed E-state index contributed by atoms with van der Waals surface area (Å²) in [5.41, 5.74) is 5.72. The van der Waals surface area contributed by atoms with E-state index in [1.165, 1.54) is 12.1 Å². The Morgan fingerprint density at radius 2 is 1.74 bits per heavy atom. The molecule has 11 heteroatoms. The third kappa shape index (κ3) is 6.75. The first kappa shape index (κ1) is 30.5. The minimum atomic E-state index is -0.276. The summed E-state index contributed by atoms with van der Waals surface area (Å²) in [6.45, 7) is 11.9. The number of carbonyl (C=O) groups excluding carboxylic acids is 2. The zero-order valence-electron chi connectivity index (χ0n) is 23.4. The molecular formula is C28H39ClFN7O2. The number of rotatable bonds is 11. The second-order valence-corrected chi connectivity index (χ2v) is 9.71. The fraction of sp³-hybridized carbons (Fsp3) is 0.464. The number of fused-ring (bicyclic) bond motifs is 2. The van der Waals surface area contributed by atoms with Crippen molar-refractivity contribution in [2.45, 2.75) is 47.3 Å². The van der Waals surface area contributed by atoms with Gasteiger partial charge in [0.2, 0.25) is 5.91 Å². The van der Waals surface area contributed by atoms with Crippen LogP contribution in [0.3, 0.4) is 0 Å². The van der Waals surface area contributed by atoms with Gasteiger partial charge in [0.05, 0.1) is 24.3 Å². The molecule has 0 aliphatic carbocycles. The van der Waals surface area contributed by atoms with E-state index in [0.717, 1.165) is 52.1 Å². The van der Waals surface area contributed by atoms with Crippen LogP contribution in [-0.4, -0.2) is 71.4 Å². The first-order valence-corrected chi connectivity index (χ1v) is 13.2. The van der Waals surface area contributed by atoms with Gasteiger partial charge in [0.25, 0.3) is 5.91 Å². The van der Waals surface area contributed by atoms with Crippen molar-refractivity contribution in [2.75, 3.05) is 44.7 Å². The van der Waals surface area contributed by atoms with Gasteiger partial charge >= 0.3 is 0 Å². The maximum absolute atomic E-state index is 13.6. The molecule has 2 amide bonds. The Bertz CT molecular complexity index is 1330. The number of anilines is 1. The first-order valence-electron chi connectivity index (χ1n) is 13.2. The van der Waals surface area contributed by atoms with E-state index in [2.05, 4.69) is 28.7 Å². The predicted molar refractivity (Wildman–Crippen MR) is 154 cm³/mol. The fourth-order valence-electron chi connectivity index (χ4n) is 4.96. The summed E-state index contributed by atoms with van der Waals surface area (Å²) < 4.78 is 15.5. The van der Waals surface area contributed by atoms with Crippen molar-refractivity contribution in [1.29, 1.82) is 0 Å². The van der Waals surface area contributed by atoms with Crippen LogP contribution in [-0.2, 0) is 29.2 Å². The zero-order chi connectivity index (χ0) is 27.4. The monoisotopic (exact) mass is 559 g/mol. The van der Waals surface area contributed by atoms with Crippen molar-refractivity contribution in [2.24, 2.45) is 0 Å². The third-order valence-electron chi connectivity index (χ3n) is 7.12. The van der Waals surface area contributed by atoms with E-state index in [1.54, 1.807) is 23.0 Å². The van der Waals surface area contributed by atoms with Gasteiger partial charge in [0.15, 0.2) is 0 Å². The number of nitrogens with zero attached hydrogens (tertiary/aromatic N) is 5. The van der Waals surface area contributed by atoms with E-state index >= 15 is 0 Å². The zero-order valence-corrected chi connectivity index (χ0v) is 24.2. The summed E-state index contributed by atoms with van der Waals surface area (Å²) in [7, 11) is 1.70. The topological polar surface area (TPSA) is 85.7 Å². The summed E-state index contributed by atoms with van der Waals surface area (Å²) in [4.78, 5) is 28.1. The standard InChI is InChI=1S/C28H38FN7O2.ClH/c1-6-30-10-11-35(25-14-26-24(12-19(25)3)20(4)32-36(26)7-2)28(38)16-31-15-27(37)33(5)34-17-21-8-9-23(29)13-22(21)18-34;/h8-9,12-14,30-31H,6-7,10-11,15-18H2,1-5H3;1H. The van der Waals surface area contributed by atoms with Crippen molar-refractivity contribution in [3.8, 4) is 0 Å². The highest BCUT2D eigenvalue weighted by molar-refractivity contribution is 5.98. The highest BCUT2D eigenvalue weighted by atomic mass is 35.5. The van der Waals surface area contributed by atoms with E-state index in [9.17, 15) is 14.0 Å². The molecule has 1 aromatic heterocycles. The molecule has 0 fully saturated rings. The highest BCUT2D eigenvalue weighted by Crippen LogP contribution is 2.29. The summed E-state index contributed by atoms with van der Waals surface area (Å²) >= 11 is 0. The molecule has 1 aliphatic heterocycles. The maximum atomic E-state index is 13.6. The van der Waals surface area contributed by atoms with Crippen LogP contribution in [0.5, 0.6) is 0 Å². The number of carbonyl (C=O) groups is 2. The van der Waals surface area contributed by atoms with Gasteiger partial charge in [-0.15, -0.1) is 12.4 Å². The number of halogens is 2. The second-order valence-electron chi connectivity index (χ2n) is 9.71. The molecule has 2 heterocycles. The SMILES string of the molecule is CCNCCN(C(=O)CNCC(=O)N(C)N1Cc2ccc(F)cc2C1)c1cc2c(cc1C)c(C)nn2CC.Cl. The van der Waals surface area contributed by atoms with Crippen LogP contribution in [0.15, 0.2) is 30.3 Å². The normalized spacial score (nSPS) is 12.9. The Morgan fingerprint density at radius 1 is 1.03 bits per heavy atom. The van der Waals surface area contributed by atoms with Gasteiger partial charge in [0, 0.05) is 50.8 Å². The molecule has 39 heavy (non-hydrogen) atoms. The Kier molecular flexibility index (Phi) is 10.4. The molecule has 0 spiro atoms. The molecule has 3 aromatic rings. The number of hydrogen-bond acceptors (Lipinski definition) is 6. The number of aryl methyl sites for hydroxylation is 3. The average Bonchev–Trinajstić information content (AvgIpc) is 3.45. The number of aromatic nitrogens is 2. The van der Waals surface area contributed by atoms with Crippen LogP contribution in [0.2, 0.25) is 0 Å². The molecular weight excluding hydrogens is 521 g/mol. The third-order valence-corrected chi connectivity index (χ3v) is 7.12. The largest absolute Gasteiger partial charge is 0.315 e.